The van der Waals surface area contributed by atoms with E-state index in [0.717, 1.165) is 50.4 Å². The van der Waals surface area contributed by atoms with Crippen molar-refractivity contribution in [2.24, 2.45) is 0 Å². The van der Waals surface area contributed by atoms with Crippen LogP contribution in [0.5, 0.6) is 5.88 Å². The van der Waals surface area contributed by atoms with Gasteiger partial charge >= 0.3 is 0 Å². The minimum absolute atomic E-state index is 0.0205. The highest BCUT2D eigenvalue weighted by Crippen LogP contribution is 2.26. The first-order valence-corrected chi connectivity index (χ1v) is 9.13. The van der Waals surface area contributed by atoms with Gasteiger partial charge in [0.05, 0.1) is 12.8 Å². The molecule has 0 spiro atoms. The van der Waals surface area contributed by atoms with Crippen LogP contribution in [0.2, 0.25) is 0 Å². The molecule has 0 radical (unpaired) electrons. The van der Waals surface area contributed by atoms with Gasteiger partial charge in [0.1, 0.15) is 17.7 Å². The molecule has 1 amide bonds. The predicted molar refractivity (Wildman–Crippen MR) is 96.4 cm³/mol. The smallest absolute Gasteiger partial charge is 0.260 e. The molecule has 1 saturated heterocycles. The maximum atomic E-state index is 12.9. The van der Waals surface area contributed by atoms with E-state index in [9.17, 15) is 4.79 Å². The quantitative estimate of drug-likeness (QED) is 0.830. The van der Waals surface area contributed by atoms with Gasteiger partial charge in [0.2, 0.25) is 5.88 Å². The molecule has 2 aliphatic rings. The van der Waals surface area contributed by atoms with Crippen molar-refractivity contribution in [3.05, 3.63) is 29.8 Å². The third-order valence-electron chi connectivity index (χ3n) is 5.22. The summed E-state index contributed by atoms with van der Waals surface area (Å²) < 4.78 is 7.45. The van der Waals surface area contributed by atoms with Gasteiger partial charge in [0.25, 0.3) is 5.91 Å². The molecule has 4 heterocycles. The summed E-state index contributed by atoms with van der Waals surface area (Å²) >= 11 is 0. The standard InChI is InChI=1S/C18H24N6O2/c1-13-10-16(20-12-19-13)22(2)14-4-7-23(8-5-14)17(25)15-11-21-24-6-3-9-26-18(15)24/h10-12,14H,3-9H2,1-2H3. The second kappa shape index (κ2) is 6.93. The number of likely N-dealkylation sites (tertiary alicyclic amines) is 1. The van der Waals surface area contributed by atoms with Gasteiger partial charge < -0.3 is 14.5 Å². The molecule has 1 fully saturated rings. The monoisotopic (exact) mass is 356 g/mol. The first-order valence-electron chi connectivity index (χ1n) is 9.13. The Morgan fingerprint density at radius 1 is 1.27 bits per heavy atom. The van der Waals surface area contributed by atoms with E-state index in [2.05, 4.69) is 27.0 Å². The number of rotatable bonds is 3. The van der Waals surface area contributed by atoms with Gasteiger partial charge in [-0.1, -0.05) is 0 Å². The van der Waals surface area contributed by atoms with Gasteiger partial charge in [-0.25, -0.2) is 14.6 Å². The van der Waals surface area contributed by atoms with Crippen molar-refractivity contribution >= 4 is 11.7 Å². The van der Waals surface area contributed by atoms with Crippen molar-refractivity contribution in [2.75, 3.05) is 31.6 Å². The molecule has 2 aliphatic heterocycles. The van der Waals surface area contributed by atoms with Gasteiger partial charge in [0.15, 0.2) is 0 Å². The summed E-state index contributed by atoms with van der Waals surface area (Å²) in [5, 5.41) is 4.29. The first-order chi connectivity index (χ1) is 12.6. The fraction of sp³-hybridized carbons (Fsp3) is 0.556. The van der Waals surface area contributed by atoms with E-state index in [1.807, 2.05) is 17.9 Å². The number of amides is 1. The highest BCUT2D eigenvalue weighted by Gasteiger charge is 2.30. The molecule has 2 aromatic heterocycles. The van der Waals surface area contributed by atoms with E-state index in [4.69, 9.17) is 4.74 Å². The van der Waals surface area contributed by atoms with Crippen LogP contribution in [-0.2, 0) is 6.54 Å². The number of aromatic nitrogens is 4. The third-order valence-corrected chi connectivity index (χ3v) is 5.22. The van der Waals surface area contributed by atoms with Gasteiger partial charge in [-0.15, -0.1) is 0 Å². The summed E-state index contributed by atoms with van der Waals surface area (Å²) in [5.41, 5.74) is 1.54. The van der Waals surface area contributed by atoms with Crippen LogP contribution >= 0.6 is 0 Å². The number of carbonyl (C=O) groups is 1. The molecule has 26 heavy (non-hydrogen) atoms. The van der Waals surface area contributed by atoms with Crippen molar-refractivity contribution in [3.8, 4) is 5.88 Å². The Kier molecular flexibility index (Phi) is 4.48. The summed E-state index contributed by atoms with van der Waals surface area (Å²) in [6.07, 6.45) is 6.00. The Labute approximate surface area is 152 Å². The van der Waals surface area contributed by atoms with Crippen LogP contribution in [0.1, 0.15) is 35.3 Å². The lowest BCUT2D eigenvalue weighted by atomic mass is 10.0. The number of nitrogens with zero attached hydrogens (tertiary/aromatic N) is 6. The Bertz CT molecular complexity index is 797. The minimum Gasteiger partial charge on any atom is -0.477 e. The van der Waals surface area contributed by atoms with Crippen molar-refractivity contribution in [1.29, 1.82) is 0 Å². The fourth-order valence-corrected chi connectivity index (χ4v) is 3.66. The SMILES string of the molecule is Cc1cc(N(C)C2CCN(C(=O)c3cnn4c3OCCC4)CC2)ncn1. The van der Waals surface area contributed by atoms with Crippen LogP contribution in [-0.4, -0.2) is 63.3 Å². The second-order valence-electron chi connectivity index (χ2n) is 6.94. The van der Waals surface area contributed by atoms with E-state index >= 15 is 0 Å². The molecule has 0 N–H and O–H groups in total. The maximum absolute atomic E-state index is 12.9. The van der Waals surface area contributed by atoms with Crippen molar-refractivity contribution in [3.63, 3.8) is 0 Å². The van der Waals surface area contributed by atoms with E-state index in [-0.39, 0.29) is 5.91 Å². The fourth-order valence-electron chi connectivity index (χ4n) is 3.66. The van der Waals surface area contributed by atoms with Gasteiger partial charge in [-0.2, -0.15) is 5.10 Å². The average molecular weight is 356 g/mol. The molecule has 4 rings (SSSR count). The van der Waals surface area contributed by atoms with E-state index < -0.39 is 0 Å². The zero-order valence-electron chi connectivity index (χ0n) is 15.3. The lowest BCUT2D eigenvalue weighted by molar-refractivity contribution is 0.0706. The second-order valence-corrected chi connectivity index (χ2v) is 6.94. The zero-order chi connectivity index (χ0) is 18.1. The molecular weight excluding hydrogens is 332 g/mol. The molecule has 0 saturated carbocycles. The highest BCUT2D eigenvalue weighted by atomic mass is 16.5. The molecule has 138 valence electrons. The number of piperidine rings is 1. The summed E-state index contributed by atoms with van der Waals surface area (Å²) in [6, 6.07) is 2.36. The van der Waals surface area contributed by atoms with E-state index in [0.29, 0.717) is 24.1 Å². The highest BCUT2D eigenvalue weighted by molar-refractivity contribution is 5.96. The van der Waals surface area contributed by atoms with Gasteiger partial charge in [-0.3, -0.25) is 4.79 Å². The Hall–Kier alpha value is -2.64. The molecule has 0 atom stereocenters. The van der Waals surface area contributed by atoms with Crippen molar-refractivity contribution in [1.82, 2.24) is 24.6 Å². The number of ether oxygens (including phenoxy) is 1. The Morgan fingerprint density at radius 2 is 2.08 bits per heavy atom. The molecule has 8 heteroatoms. The molecule has 0 aromatic carbocycles. The van der Waals surface area contributed by atoms with Crippen LogP contribution in [0, 0.1) is 6.92 Å². The van der Waals surface area contributed by atoms with Gasteiger partial charge in [0, 0.05) is 50.9 Å². The number of hydrogen-bond donors (Lipinski definition) is 0. The van der Waals surface area contributed by atoms with Crippen molar-refractivity contribution < 1.29 is 9.53 Å². The number of carbonyl (C=O) groups excluding carboxylic acids is 1. The topological polar surface area (TPSA) is 76.4 Å². The summed E-state index contributed by atoms with van der Waals surface area (Å²) in [4.78, 5) is 25.5. The lowest BCUT2D eigenvalue weighted by Crippen LogP contribution is -2.46. The number of anilines is 1. The molecular formula is C18H24N6O2. The number of aryl methyl sites for hydroxylation is 2. The van der Waals surface area contributed by atoms with Gasteiger partial charge in [-0.05, 0) is 19.8 Å². The minimum atomic E-state index is 0.0205. The van der Waals surface area contributed by atoms with Crippen LogP contribution < -0.4 is 9.64 Å². The number of hydrogen-bond acceptors (Lipinski definition) is 6. The average Bonchev–Trinajstić information content (AvgIpc) is 3.11. The largest absolute Gasteiger partial charge is 0.477 e. The summed E-state index contributed by atoms with van der Waals surface area (Å²) in [7, 11) is 2.06. The Balaban J connectivity index is 1.40. The predicted octanol–water partition coefficient (Wildman–Crippen LogP) is 1.51. The van der Waals surface area contributed by atoms with E-state index in [1.165, 1.54) is 0 Å². The van der Waals surface area contributed by atoms with Crippen molar-refractivity contribution in [2.45, 2.75) is 38.8 Å². The normalized spacial score (nSPS) is 17.5. The molecule has 0 bridgehead atoms. The van der Waals surface area contributed by atoms with E-state index in [1.54, 1.807) is 17.2 Å². The maximum Gasteiger partial charge on any atom is 0.260 e. The molecule has 8 nitrogen and oxygen atoms in total. The zero-order valence-corrected chi connectivity index (χ0v) is 15.3. The lowest BCUT2D eigenvalue weighted by Gasteiger charge is -2.37. The summed E-state index contributed by atoms with van der Waals surface area (Å²) in [5.74, 6) is 1.57. The third kappa shape index (κ3) is 3.11. The number of fused-ring (bicyclic) bond motifs is 1. The van der Waals surface area contributed by atoms with Crippen LogP contribution in [0.3, 0.4) is 0 Å². The first kappa shape index (κ1) is 16.8. The molecule has 2 aromatic rings. The molecule has 0 unspecified atom stereocenters. The van der Waals surface area contributed by atoms with Crippen LogP contribution in [0.25, 0.3) is 0 Å². The molecule has 0 aliphatic carbocycles. The van der Waals surface area contributed by atoms with Crippen LogP contribution in [0.4, 0.5) is 5.82 Å². The summed E-state index contributed by atoms with van der Waals surface area (Å²) in [6.45, 7) is 4.88. The Morgan fingerprint density at radius 3 is 2.85 bits per heavy atom. The van der Waals surface area contributed by atoms with Crippen LogP contribution in [0.15, 0.2) is 18.6 Å².